The Morgan fingerprint density at radius 2 is 1.87 bits per heavy atom. The molecule has 1 aliphatic carbocycles. The lowest BCUT2D eigenvalue weighted by molar-refractivity contribution is 0.0697. The van der Waals surface area contributed by atoms with Gasteiger partial charge < -0.3 is 14.6 Å². The van der Waals surface area contributed by atoms with Crippen LogP contribution in [-0.4, -0.2) is 45.6 Å². The van der Waals surface area contributed by atoms with E-state index in [0.717, 1.165) is 49.0 Å². The van der Waals surface area contributed by atoms with Gasteiger partial charge in [-0.15, -0.1) is 0 Å². The average Bonchev–Trinajstić information content (AvgIpc) is 3.52. The number of amides is 2. The number of furan rings is 1. The number of benzene rings is 1. The first-order chi connectivity index (χ1) is 15.1. The normalized spacial score (nSPS) is 16.4. The fourth-order valence-electron chi connectivity index (χ4n) is 4.57. The zero-order valence-corrected chi connectivity index (χ0v) is 17.6. The molecular weight excluding hydrogens is 392 g/mol. The molecule has 2 aromatic heterocycles. The Balaban J connectivity index is 1.27. The number of rotatable bonds is 4. The summed E-state index contributed by atoms with van der Waals surface area (Å²) in [6.45, 7) is 3.29. The molecule has 0 atom stereocenters. The highest BCUT2D eigenvalue weighted by molar-refractivity contribution is 5.95. The van der Waals surface area contributed by atoms with Crippen LogP contribution in [0.1, 0.15) is 56.9 Å². The third-order valence-corrected chi connectivity index (χ3v) is 6.31. The van der Waals surface area contributed by atoms with Crippen molar-refractivity contribution in [3.63, 3.8) is 0 Å². The van der Waals surface area contributed by atoms with E-state index in [1.165, 1.54) is 18.1 Å². The van der Waals surface area contributed by atoms with Gasteiger partial charge in [0.05, 0.1) is 17.5 Å². The lowest BCUT2D eigenvalue weighted by Gasteiger charge is -2.32. The Kier molecular flexibility index (Phi) is 5.10. The first-order valence-electron chi connectivity index (χ1n) is 10.9. The molecule has 1 aromatic carbocycles. The highest BCUT2D eigenvalue weighted by Gasteiger charge is 2.30. The maximum Gasteiger partial charge on any atom is 0.272 e. The van der Waals surface area contributed by atoms with Crippen molar-refractivity contribution < 1.29 is 14.0 Å². The van der Waals surface area contributed by atoms with Crippen molar-refractivity contribution in [3.05, 3.63) is 70.9 Å². The van der Waals surface area contributed by atoms with Gasteiger partial charge in [-0.25, -0.2) is 4.68 Å². The number of hydrogen-bond donors (Lipinski definition) is 1. The van der Waals surface area contributed by atoms with Gasteiger partial charge in [-0.2, -0.15) is 5.10 Å². The fraction of sp³-hybridized carbons (Fsp3) is 0.375. The molecule has 5 rings (SSSR count). The summed E-state index contributed by atoms with van der Waals surface area (Å²) in [6.07, 6.45) is 7.33. The number of likely N-dealkylation sites (tertiary alicyclic amines) is 1. The number of fused-ring (bicyclic) bond motifs is 1. The van der Waals surface area contributed by atoms with Crippen LogP contribution >= 0.6 is 0 Å². The zero-order valence-electron chi connectivity index (χ0n) is 17.6. The number of nitrogens with one attached hydrogen (secondary N) is 1. The van der Waals surface area contributed by atoms with Crippen molar-refractivity contribution in [2.45, 2.75) is 45.1 Å². The molecule has 0 radical (unpaired) electrons. The van der Waals surface area contributed by atoms with E-state index in [4.69, 9.17) is 9.52 Å². The third kappa shape index (κ3) is 3.76. The average molecular weight is 418 g/mol. The molecule has 1 saturated heterocycles. The van der Waals surface area contributed by atoms with E-state index in [-0.39, 0.29) is 17.9 Å². The molecule has 0 unspecified atom stereocenters. The lowest BCUT2D eigenvalue weighted by Crippen LogP contribution is -2.46. The number of carbonyl (C=O) groups excluding carboxylic acids is 2. The van der Waals surface area contributed by atoms with E-state index >= 15 is 0 Å². The fourth-order valence-corrected chi connectivity index (χ4v) is 4.57. The first kappa shape index (κ1) is 19.6. The third-order valence-electron chi connectivity index (χ3n) is 6.31. The molecule has 0 bridgehead atoms. The summed E-state index contributed by atoms with van der Waals surface area (Å²) in [5.74, 6) is -0.128. The molecule has 1 aliphatic heterocycles. The van der Waals surface area contributed by atoms with Gasteiger partial charge in [-0.1, -0.05) is 17.7 Å². The minimum Gasteiger partial charge on any atom is -0.472 e. The molecule has 0 saturated carbocycles. The number of nitrogens with zero attached hydrogens (tertiary/aromatic N) is 3. The quantitative estimate of drug-likeness (QED) is 0.705. The highest BCUT2D eigenvalue weighted by atomic mass is 16.3. The summed E-state index contributed by atoms with van der Waals surface area (Å²) in [7, 11) is 0. The van der Waals surface area contributed by atoms with Crippen LogP contribution in [0.25, 0.3) is 5.69 Å². The largest absolute Gasteiger partial charge is 0.472 e. The molecule has 3 heterocycles. The molecule has 2 amide bonds. The van der Waals surface area contributed by atoms with Crippen LogP contribution in [0.15, 0.2) is 47.3 Å². The molecule has 3 aromatic rings. The first-order valence-corrected chi connectivity index (χ1v) is 10.9. The summed E-state index contributed by atoms with van der Waals surface area (Å²) in [5.41, 5.74) is 5.53. The van der Waals surface area contributed by atoms with Gasteiger partial charge in [0.2, 0.25) is 0 Å². The van der Waals surface area contributed by atoms with Gasteiger partial charge in [0, 0.05) is 30.4 Å². The van der Waals surface area contributed by atoms with Crippen LogP contribution in [0.2, 0.25) is 0 Å². The number of aromatic nitrogens is 2. The highest BCUT2D eigenvalue weighted by Crippen LogP contribution is 2.28. The monoisotopic (exact) mass is 418 g/mol. The zero-order chi connectivity index (χ0) is 21.4. The topological polar surface area (TPSA) is 80.4 Å². The Bertz CT molecular complexity index is 1090. The van der Waals surface area contributed by atoms with Crippen molar-refractivity contribution in [3.8, 4) is 5.69 Å². The SMILES string of the molecule is Cc1ccc(-n2nc(C(=O)NC3CCN(C(=O)c4ccoc4)CC3)c3c2CCC3)cc1. The van der Waals surface area contributed by atoms with Crippen molar-refractivity contribution in [2.75, 3.05) is 13.1 Å². The summed E-state index contributed by atoms with van der Waals surface area (Å²) in [6, 6.07) is 9.96. The van der Waals surface area contributed by atoms with Crippen molar-refractivity contribution >= 4 is 11.8 Å². The molecule has 7 heteroatoms. The second-order valence-corrected chi connectivity index (χ2v) is 8.43. The predicted molar refractivity (Wildman–Crippen MR) is 115 cm³/mol. The maximum absolute atomic E-state index is 13.1. The van der Waals surface area contributed by atoms with E-state index < -0.39 is 0 Å². The van der Waals surface area contributed by atoms with Gasteiger partial charge in [-0.3, -0.25) is 9.59 Å². The van der Waals surface area contributed by atoms with Crippen LogP contribution in [0, 0.1) is 6.92 Å². The molecule has 1 fully saturated rings. The Labute approximate surface area is 181 Å². The molecular formula is C24H26N4O3. The van der Waals surface area contributed by atoms with E-state index in [0.29, 0.717) is 24.3 Å². The van der Waals surface area contributed by atoms with Gasteiger partial charge >= 0.3 is 0 Å². The predicted octanol–water partition coefficient (Wildman–Crippen LogP) is 3.30. The Hall–Kier alpha value is -3.35. The van der Waals surface area contributed by atoms with Gasteiger partial charge in [0.15, 0.2) is 5.69 Å². The van der Waals surface area contributed by atoms with Crippen LogP contribution in [0.5, 0.6) is 0 Å². The molecule has 1 N–H and O–H groups in total. The molecule has 2 aliphatic rings. The van der Waals surface area contributed by atoms with Gasteiger partial charge in [0.1, 0.15) is 6.26 Å². The van der Waals surface area contributed by atoms with Crippen molar-refractivity contribution in [1.82, 2.24) is 20.0 Å². The molecule has 31 heavy (non-hydrogen) atoms. The Morgan fingerprint density at radius 1 is 1.10 bits per heavy atom. The second-order valence-electron chi connectivity index (χ2n) is 8.43. The summed E-state index contributed by atoms with van der Waals surface area (Å²) >= 11 is 0. The van der Waals surface area contributed by atoms with Crippen LogP contribution in [0.4, 0.5) is 0 Å². The van der Waals surface area contributed by atoms with E-state index in [2.05, 4.69) is 36.5 Å². The summed E-state index contributed by atoms with van der Waals surface area (Å²) < 4.78 is 6.95. The maximum atomic E-state index is 13.1. The summed E-state index contributed by atoms with van der Waals surface area (Å²) in [4.78, 5) is 27.4. The van der Waals surface area contributed by atoms with Crippen molar-refractivity contribution in [2.24, 2.45) is 0 Å². The van der Waals surface area contributed by atoms with Crippen LogP contribution in [-0.2, 0) is 12.8 Å². The number of carbonyl (C=O) groups is 2. The second kappa shape index (κ2) is 8.06. The molecule has 0 spiro atoms. The summed E-state index contributed by atoms with van der Waals surface area (Å²) in [5, 5.41) is 7.87. The standard InChI is InChI=1S/C24H26N4O3/c1-16-5-7-19(8-6-16)28-21-4-2-3-20(21)22(26-28)23(29)25-18-9-12-27(13-10-18)24(30)17-11-14-31-15-17/h5-8,11,14-15,18H,2-4,9-10,12-13H2,1H3,(H,25,29). The van der Waals surface area contributed by atoms with E-state index in [9.17, 15) is 9.59 Å². The van der Waals surface area contributed by atoms with Crippen molar-refractivity contribution in [1.29, 1.82) is 0 Å². The molecule has 7 nitrogen and oxygen atoms in total. The van der Waals surface area contributed by atoms with Gasteiger partial charge in [0.25, 0.3) is 11.8 Å². The van der Waals surface area contributed by atoms with Gasteiger partial charge in [-0.05, 0) is 57.2 Å². The number of piperidine rings is 1. The van der Waals surface area contributed by atoms with E-state index in [1.807, 2.05) is 9.58 Å². The number of aryl methyl sites for hydroxylation is 1. The van der Waals surface area contributed by atoms with Crippen LogP contribution in [0.3, 0.4) is 0 Å². The molecule has 160 valence electrons. The van der Waals surface area contributed by atoms with Crippen LogP contribution < -0.4 is 5.32 Å². The Morgan fingerprint density at radius 3 is 2.58 bits per heavy atom. The number of hydrogen-bond acceptors (Lipinski definition) is 4. The smallest absolute Gasteiger partial charge is 0.272 e. The lowest BCUT2D eigenvalue weighted by atomic mass is 10.0. The minimum atomic E-state index is -0.108. The minimum absolute atomic E-state index is 0.0202. The van der Waals surface area contributed by atoms with E-state index in [1.54, 1.807) is 6.07 Å².